The molecule has 1 heterocycles. The SMILES string of the molecule is CNC(=O)c1ccc(CNC(=O)c2cc(C)nc3cc(F)ccc23)cc1. The molecule has 1 aromatic heterocycles. The first kappa shape index (κ1) is 17.5. The van der Waals surface area contributed by atoms with E-state index in [-0.39, 0.29) is 11.8 Å². The van der Waals surface area contributed by atoms with Gasteiger partial charge in [0.05, 0.1) is 11.1 Å². The molecule has 3 rings (SSSR count). The summed E-state index contributed by atoms with van der Waals surface area (Å²) in [5.74, 6) is -0.813. The number of amides is 2. The average Bonchev–Trinajstić information content (AvgIpc) is 2.64. The van der Waals surface area contributed by atoms with Gasteiger partial charge in [0, 0.05) is 36.3 Å². The lowest BCUT2D eigenvalue weighted by Gasteiger charge is -2.10. The van der Waals surface area contributed by atoms with Crippen LogP contribution in [0.25, 0.3) is 10.9 Å². The lowest BCUT2D eigenvalue weighted by atomic mass is 10.1. The number of nitrogens with one attached hydrogen (secondary N) is 2. The van der Waals surface area contributed by atoms with Gasteiger partial charge in [-0.05, 0) is 42.8 Å². The maximum atomic E-state index is 13.4. The fourth-order valence-electron chi connectivity index (χ4n) is 2.72. The van der Waals surface area contributed by atoms with Crippen molar-refractivity contribution in [2.45, 2.75) is 13.5 Å². The Kier molecular flexibility index (Phi) is 4.93. The van der Waals surface area contributed by atoms with Crippen molar-refractivity contribution >= 4 is 22.7 Å². The van der Waals surface area contributed by atoms with Crippen molar-refractivity contribution in [3.63, 3.8) is 0 Å². The van der Waals surface area contributed by atoms with E-state index >= 15 is 0 Å². The zero-order valence-corrected chi connectivity index (χ0v) is 14.5. The smallest absolute Gasteiger partial charge is 0.252 e. The van der Waals surface area contributed by atoms with E-state index in [9.17, 15) is 14.0 Å². The molecule has 26 heavy (non-hydrogen) atoms. The number of benzene rings is 2. The van der Waals surface area contributed by atoms with Crippen molar-refractivity contribution in [3.8, 4) is 0 Å². The van der Waals surface area contributed by atoms with Crippen molar-refractivity contribution in [3.05, 3.63) is 76.7 Å². The summed E-state index contributed by atoms with van der Waals surface area (Å²) in [6.07, 6.45) is 0. The molecule has 2 amide bonds. The molecule has 0 atom stereocenters. The number of carbonyl (C=O) groups is 2. The van der Waals surface area contributed by atoms with Crippen LogP contribution in [0.1, 0.15) is 32.0 Å². The van der Waals surface area contributed by atoms with Crippen molar-refractivity contribution in [1.29, 1.82) is 0 Å². The molecule has 3 aromatic rings. The standard InChI is InChI=1S/C20H18FN3O2/c1-12-9-17(16-8-7-15(21)10-18(16)24-12)20(26)23-11-13-3-5-14(6-4-13)19(25)22-2/h3-10H,11H2,1-2H3,(H,22,25)(H,23,26). The van der Waals surface area contributed by atoms with E-state index in [0.29, 0.717) is 34.3 Å². The maximum Gasteiger partial charge on any atom is 0.252 e. The first-order chi connectivity index (χ1) is 12.5. The van der Waals surface area contributed by atoms with Gasteiger partial charge in [0.1, 0.15) is 5.82 Å². The summed E-state index contributed by atoms with van der Waals surface area (Å²) < 4.78 is 13.4. The van der Waals surface area contributed by atoms with Crippen LogP contribution < -0.4 is 10.6 Å². The van der Waals surface area contributed by atoms with E-state index in [2.05, 4.69) is 15.6 Å². The third kappa shape index (κ3) is 3.69. The second-order valence-corrected chi connectivity index (χ2v) is 5.93. The molecule has 2 aromatic carbocycles. The highest BCUT2D eigenvalue weighted by atomic mass is 19.1. The second-order valence-electron chi connectivity index (χ2n) is 5.93. The van der Waals surface area contributed by atoms with Crippen LogP contribution in [0.5, 0.6) is 0 Å². The molecular weight excluding hydrogens is 333 g/mol. The Bertz CT molecular complexity index is 979. The number of aromatic nitrogens is 1. The maximum absolute atomic E-state index is 13.4. The molecule has 0 radical (unpaired) electrons. The van der Waals surface area contributed by atoms with Crippen molar-refractivity contribution in [2.24, 2.45) is 0 Å². The highest BCUT2D eigenvalue weighted by molar-refractivity contribution is 6.06. The van der Waals surface area contributed by atoms with Crippen LogP contribution in [0.2, 0.25) is 0 Å². The van der Waals surface area contributed by atoms with Crippen LogP contribution in [0.3, 0.4) is 0 Å². The summed E-state index contributed by atoms with van der Waals surface area (Å²) >= 11 is 0. The van der Waals surface area contributed by atoms with Crippen LogP contribution >= 0.6 is 0 Å². The number of carbonyl (C=O) groups excluding carboxylic acids is 2. The number of pyridine rings is 1. The lowest BCUT2D eigenvalue weighted by molar-refractivity contribution is 0.0947. The largest absolute Gasteiger partial charge is 0.355 e. The Balaban J connectivity index is 1.78. The Labute approximate surface area is 150 Å². The van der Waals surface area contributed by atoms with Gasteiger partial charge in [0.25, 0.3) is 11.8 Å². The minimum atomic E-state index is -0.391. The van der Waals surface area contributed by atoms with Crippen LogP contribution in [0.15, 0.2) is 48.5 Å². The molecule has 0 aliphatic heterocycles. The Morgan fingerprint density at radius 3 is 2.46 bits per heavy atom. The zero-order chi connectivity index (χ0) is 18.7. The molecule has 5 nitrogen and oxygen atoms in total. The Hall–Kier alpha value is -3.28. The lowest BCUT2D eigenvalue weighted by Crippen LogP contribution is -2.23. The van der Waals surface area contributed by atoms with E-state index in [1.54, 1.807) is 50.4 Å². The second kappa shape index (κ2) is 7.31. The number of halogens is 1. The van der Waals surface area contributed by atoms with E-state index in [4.69, 9.17) is 0 Å². The molecule has 0 saturated heterocycles. The van der Waals surface area contributed by atoms with Gasteiger partial charge in [0.15, 0.2) is 0 Å². The number of aryl methyl sites for hydroxylation is 1. The minimum absolute atomic E-state index is 0.161. The first-order valence-corrected chi connectivity index (χ1v) is 8.14. The number of nitrogens with zero attached hydrogens (tertiary/aromatic N) is 1. The van der Waals surface area contributed by atoms with Gasteiger partial charge in [0.2, 0.25) is 0 Å². The predicted octanol–water partition coefficient (Wildman–Crippen LogP) is 2.97. The molecule has 0 aliphatic carbocycles. The van der Waals surface area contributed by atoms with Crippen LogP contribution in [0, 0.1) is 12.7 Å². The summed E-state index contributed by atoms with van der Waals surface area (Å²) in [6.45, 7) is 2.08. The fourth-order valence-corrected chi connectivity index (χ4v) is 2.72. The highest BCUT2D eigenvalue weighted by Crippen LogP contribution is 2.19. The molecular formula is C20H18FN3O2. The summed E-state index contributed by atoms with van der Waals surface area (Å²) in [5.41, 5.74) is 2.97. The van der Waals surface area contributed by atoms with E-state index < -0.39 is 5.82 Å². The van der Waals surface area contributed by atoms with Crippen LogP contribution in [0.4, 0.5) is 4.39 Å². The van der Waals surface area contributed by atoms with Gasteiger partial charge >= 0.3 is 0 Å². The molecule has 132 valence electrons. The highest BCUT2D eigenvalue weighted by Gasteiger charge is 2.12. The summed E-state index contributed by atoms with van der Waals surface area (Å²) in [4.78, 5) is 28.4. The molecule has 0 fully saturated rings. The normalized spacial score (nSPS) is 10.6. The molecule has 2 N–H and O–H groups in total. The predicted molar refractivity (Wildman–Crippen MR) is 97.4 cm³/mol. The zero-order valence-electron chi connectivity index (χ0n) is 14.5. The molecule has 0 spiro atoms. The number of hydrogen-bond donors (Lipinski definition) is 2. The van der Waals surface area contributed by atoms with Gasteiger partial charge in [-0.15, -0.1) is 0 Å². The Morgan fingerprint density at radius 1 is 1.04 bits per heavy atom. The van der Waals surface area contributed by atoms with Gasteiger partial charge in [-0.1, -0.05) is 12.1 Å². The molecule has 0 saturated carbocycles. The monoisotopic (exact) mass is 351 g/mol. The topological polar surface area (TPSA) is 71.1 Å². The minimum Gasteiger partial charge on any atom is -0.355 e. The van der Waals surface area contributed by atoms with Crippen LogP contribution in [-0.4, -0.2) is 23.8 Å². The van der Waals surface area contributed by atoms with Crippen molar-refractivity contribution in [1.82, 2.24) is 15.6 Å². The molecule has 0 unspecified atom stereocenters. The average molecular weight is 351 g/mol. The number of rotatable bonds is 4. The summed E-state index contributed by atoms with van der Waals surface area (Å²) in [6, 6.07) is 12.9. The fraction of sp³-hybridized carbons (Fsp3) is 0.150. The van der Waals surface area contributed by atoms with E-state index in [0.717, 1.165) is 5.56 Å². The molecule has 0 bridgehead atoms. The summed E-state index contributed by atoms with van der Waals surface area (Å²) in [7, 11) is 1.57. The van der Waals surface area contributed by atoms with Crippen molar-refractivity contribution < 1.29 is 14.0 Å². The molecule has 6 heteroatoms. The third-order valence-electron chi connectivity index (χ3n) is 4.04. The van der Waals surface area contributed by atoms with E-state index in [1.165, 1.54) is 12.1 Å². The van der Waals surface area contributed by atoms with Gasteiger partial charge in [-0.25, -0.2) is 4.39 Å². The Morgan fingerprint density at radius 2 is 1.77 bits per heavy atom. The van der Waals surface area contributed by atoms with Gasteiger partial charge < -0.3 is 10.6 Å². The number of fused-ring (bicyclic) bond motifs is 1. The molecule has 0 aliphatic rings. The number of hydrogen-bond acceptors (Lipinski definition) is 3. The van der Waals surface area contributed by atoms with E-state index in [1.807, 2.05) is 0 Å². The van der Waals surface area contributed by atoms with Gasteiger partial charge in [-0.3, -0.25) is 14.6 Å². The van der Waals surface area contributed by atoms with Gasteiger partial charge in [-0.2, -0.15) is 0 Å². The summed E-state index contributed by atoms with van der Waals surface area (Å²) in [5, 5.41) is 6.01. The van der Waals surface area contributed by atoms with Crippen LogP contribution in [-0.2, 0) is 6.54 Å². The quantitative estimate of drug-likeness (QED) is 0.759. The first-order valence-electron chi connectivity index (χ1n) is 8.14. The van der Waals surface area contributed by atoms with Crippen molar-refractivity contribution in [2.75, 3.05) is 7.05 Å². The third-order valence-corrected chi connectivity index (χ3v) is 4.04.